The zero-order valence-corrected chi connectivity index (χ0v) is 30.9. The summed E-state index contributed by atoms with van der Waals surface area (Å²) in [5.74, 6) is -3.58. The van der Waals surface area contributed by atoms with Gasteiger partial charge in [-0.25, -0.2) is 0 Å². The summed E-state index contributed by atoms with van der Waals surface area (Å²) >= 11 is 0. The quantitative estimate of drug-likeness (QED) is 0.101. The Kier molecular flexibility index (Phi) is 8.16. The van der Waals surface area contributed by atoms with Crippen molar-refractivity contribution >= 4 is 21.3 Å². The monoisotopic (exact) mass is 673 g/mol. The first-order valence-electron chi connectivity index (χ1n) is 18.3. The maximum atomic E-state index is 14.0. The largest absolute Gasteiger partial charge is 0.481 e. The van der Waals surface area contributed by atoms with Gasteiger partial charge in [-0.3, -0.25) is 9.53 Å². The van der Waals surface area contributed by atoms with Crippen molar-refractivity contribution in [2.45, 2.75) is 137 Å². The second-order valence-electron chi connectivity index (χ2n) is 17.6. The number of hydrogen-bond donors (Lipinski definition) is 1. The van der Waals surface area contributed by atoms with E-state index in [0.29, 0.717) is 25.4 Å². The highest BCUT2D eigenvalue weighted by atomic mass is 28.3. The smallest absolute Gasteiger partial charge is 0.315 e. The van der Waals surface area contributed by atoms with E-state index in [1.807, 2.05) is 13.1 Å². The maximum absolute atomic E-state index is 14.0. The second kappa shape index (κ2) is 11.2. The summed E-state index contributed by atoms with van der Waals surface area (Å²) in [4.78, 5) is 27.6. The van der Waals surface area contributed by atoms with Gasteiger partial charge in [0.2, 0.25) is 9.04 Å². The van der Waals surface area contributed by atoms with Gasteiger partial charge in [0.25, 0.3) is 5.97 Å². The number of rotatable bonds is 13. The van der Waals surface area contributed by atoms with Crippen LogP contribution in [-0.2, 0) is 37.7 Å². The van der Waals surface area contributed by atoms with Gasteiger partial charge in [0.15, 0.2) is 6.10 Å². The van der Waals surface area contributed by atoms with Gasteiger partial charge in [-0.1, -0.05) is 79.4 Å². The highest BCUT2D eigenvalue weighted by molar-refractivity contribution is 6.48. The summed E-state index contributed by atoms with van der Waals surface area (Å²) in [6.07, 6.45) is 8.18. The summed E-state index contributed by atoms with van der Waals surface area (Å²) < 4.78 is 40.7. The van der Waals surface area contributed by atoms with E-state index in [1.165, 1.54) is 0 Å². The Morgan fingerprint density at radius 3 is 2.51 bits per heavy atom. The number of fused-ring (bicyclic) bond motifs is 2. The summed E-state index contributed by atoms with van der Waals surface area (Å²) in [5, 5.41) is 11.5. The third kappa shape index (κ3) is 4.27. The van der Waals surface area contributed by atoms with Crippen LogP contribution >= 0.6 is 0 Å². The highest BCUT2D eigenvalue weighted by Gasteiger charge is 2.86. The van der Waals surface area contributed by atoms with E-state index in [0.717, 1.165) is 44.0 Å². The van der Waals surface area contributed by atoms with Crippen LogP contribution in [0.2, 0.25) is 13.1 Å². The van der Waals surface area contributed by atoms with E-state index in [1.54, 1.807) is 0 Å². The number of carbonyl (C=O) groups is 2. The van der Waals surface area contributed by atoms with Crippen LogP contribution in [-0.4, -0.2) is 69.9 Å². The van der Waals surface area contributed by atoms with E-state index in [4.69, 9.17) is 28.1 Å². The molecule has 7 fully saturated rings. The molecule has 10 heteroatoms. The van der Waals surface area contributed by atoms with Crippen LogP contribution in [0.1, 0.15) is 93.4 Å². The molecule has 0 aromatic carbocycles. The molecule has 47 heavy (non-hydrogen) atoms. The molecule has 0 aromatic heterocycles. The van der Waals surface area contributed by atoms with Crippen molar-refractivity contribution < 1.29 is 42.8 Å². The molecule has 0 amide bonds. The van der Waals surface area contributed by atoms with E-state index in [9.17, 15) is 14.7 Å². The Labute approximate surface area is 282 Å². The number of aliphatic carboxylic acids is 1. The van der Waals surface area contributed by atoms with Gasteiger partial charge in [-0.15, -0.1) is 0 Å². The maximum Gasteiger partial charge on any atom is 0.315 e. The normalized spacial score (nSPS) is 49.0. The Bertz CT molecular complexity index is 1310. The van der Waals surface area contributed by atoms with Gasteiger partial charge < -0.3 is 33.3 Å². The number of unbranched alkanes of at least 4 members (excludes halogenated alkanes) is 2. The molecular weight excluding hydrogens is 616 g/mol. The third-order valence-electron chi connectivity index (χ3n) is 13.5. The number of carbonyl (C=O) groups excluding carboxylic acids is 1. The molecule has 13 atom stereocenters. The summed E-state index contributed by atoms with van der Waals surface area (Å²) in [6, 6.07) is 0. The summed E-state index contributed by atoms with van der Waals surface area (Å²) in [5.41, 5.74) is -2.60. The van der Waals surface area contributed by atoms with Crippen LogP contribution in [0.15, 0.2) is 11.6 Å². The number of carboxylic acid groups (broad SMARTS) is 1. The molecule has 8 rings (SSSR count). The molecule has 4 saturated heterocycles. The molecule has 0 aromatic rings. The second-order valence-corrected chi connectivity index (χ2v) is 19.6. The number of ether oxygens (including phenoxy) is 5. The van der Waals surface area contributed by atoms with Crippen molar-refractivity contribution in [1.82, 2.24) is 0 Å². The fourth-order valence-electron chi connectivity index (χ4n) is 12.1. The lowest BCUT2D eigenvalue weighted by molar-refractivity contribution is -0.491. The van der Waals surface area contributed by atoms with Crippen LogP contribution < -0.4 is 0 Å². The lowest BCUT2D eigenvalue weighted by atomic mass is 9.43. The lowest BCUT2D eigenvalue weighted by Crippen LogP contribution is -2.66. The zero-order valence-electron chi connectivity index (χ0n) is 29.9. The molecule has 3 saturated carbocycles. The predicted molar refractivity (Wildman–Crippen MR) is 175 cm³/mol. The molecule has 8 aliphatic rings. The fourth-order valence-corrected chi connectivity index (χ4v) is 12.9. The average Bonchev–Trinajstić information content (AvgIpc) is 3.67. The van der Waals surface area contributed by atoms with Gasteiger partial charge in [0.05, 0.1) is 17.9 Å². The molecule has 0 spiro atoms. The van der Waals surface area contributed by atoms with E-state index in [-0.39, 0.29) is 53.8 Å². The number of carboxylic acids is 1. The Hall–Kier alpha value is -1.14. The first-order valence-corrected chi connectivity index (χ1v) is 20.7. The van der Waals surface area contributed by atoms with Crippen molar-refractivity contribution in [2.24, 2.45) is 57.2 Å². The summed E-state index contributed by atoms with van der Waals surface area (Å²) in [7, 11) is -1.30. The molecule has 8 bridgehead atoms. The van der Waals surface area contributed by atoms with Gasteiger partial charge in [-0.05, 0) is 73.8 Å². The minimum absolute atomic E-state index is 0.0120. The van der Waals surface area contributed by atoms with Crippen LogP contribution in [0.3, 0.4) is 0 Å². The standard InChI is InChI=1S/C37H57O9Si/c1-10-11-12-15-41-28-27-29(32(5,6)7)36(44-30(28)37(43-27,45-36)46-47(8)9)42-20-34-18-24-22(4)13-14-25(24)33(19-38)17-23(34)16-26(21(2)3)35(33,34)31(39)40/h16,19,21-25,27-30H,10-15,17-18,20H2,1-9H3,(H,39,40). The van der Waals surface area contributed by atoms with Crippen LogP contribution in [0.4, 0.5) is 0 Å². The molecule has 1 N–H and O–H groups in total. The number of aldehydes is 1. The van der Waals surface area contributed by atoms with Crippen LogP contribution in [0, 0.1) is 57.2 Å². The topological polar surface area (TPSA) is 110 Å². The van der Waals surface area contributed by atoms with Gasteiger partial charge >= 0.3 is 11.9 Å². The molecular formula is C37H57O9Si. The van der Waals surface area contributed by atoms with Crippen LogP contribution in [0.5, 0.6) is 0 Å². The minimum atomic E-state index is -1.51. The van der Waals surface area contributed by atoms with Crippen LogP contribution in [0.25, 0.3) is 0 Å². The van der Waals surface area contributed by atoms with Crippen molar-refractivity contribution in [2.75, 3.05) is 13.2 Å². The SMILES string of the molecule is CCCCCOC1C2OC3(O[Si](C)C)OC(OCC45CC6C(C)CCC6C6(C=O)CC4C=C(C(C)C)C65C(=O)O)(OC13)C2C(C)(C)C. The van der Waals surface area contributed by atoms with Gasteiger partial charge in [-0.2, -0.15) is 0 Å². The minimum Gasteiger partial charge on any atom is -0.481 e. The molecule has 4 aliphatic heterocycles. The van der Waals surface area contributed by atoms with Crippen molar-refractivity contribution in [1.29, 1.82) is 0 Å². The zero-order chi connectivity index (χ0) is 33.9. The lowest BCUT2D eigenvalue weighted by Gasteiger charge is -2.59. The van der Waals surface area contributed by atoms with E-state index in [2.05, 4.69) is 54.5 Å². The highest BCUT2D eigenvalue weighted by Crippen LogP contribution is 2.83. The molecule has 4 aliphatic carbocycles. The first-order chi connectivity index (χ1) is 22.1. The molecule has 13 unspecified atom stereocenters. The third-order valence-corrected chi connectivity index (χ3v) is 14.2. The van der Waals surface area contributed by atoms with Crippen molar-refractivity contribution in [3.8, 4) is 0 Å². The Morgan fingerprint density at radius 2 is 1.89 bits per heavy atom. The van der Waals surface area contributed by atoms with Crippen molar-refractivity contribution in [3.63, 3.8) is 0 Å². The predicted octanol–water partition coefficient (Wildman–Crippen LogP) is 6.57. The molecule has 4 heterocycles. The Morgan fingerprint density at radius 1 is 1.15 bits per heavy atom. The fraction of sp³-hybridized carbons (Fsp3) is 0.892. The molecule has 263 valence electrons. The van der Waals surface area contributed by atoms with E-state index < -0.39 is 49.3 Å². The van der Waals surface area contributed by atoms with Gasteiger partial charge in [0, 0.05) is 12.0 Å². The summed E-state index contributed by atoms with van der Waals surface area (Å²) in [6.45, 7) is 19.8. The first kappa shape index (κ1) is 34.3. The molecule has 1 radical (unpaired) electrons. The van der Waals surface area contributed by atoms with Gasteiger partial charge in [0.1, 0.15) is 23.9 Å². The molecule has 9 nitrogen and oxygen atoms in total. The number of allylic oxidation sites excluding steroid dienone is 1. The number of hydrogen-bond acceptors (Lipinski definition) is 8. The van der Waals surface area contributed by atoms with E-state index >= 15 is 0 Å². The Balaban J connectivity index is 1.30. The average molecular weight is 674 g/mol. The van der Waals surface area contributed by atoms with Crippen molar-refractivity contribution in [3.05, 3.63) is 11.6 Å².